The third-order valence-corrected chi connectivity index (χ3v) is 5.34. The van der Waals surface area contributed by atoms with E-state index in [0.29, 0.717) is 46.7 Å². The quantitative estimate of drug-likeness (QED) is 0.478. The SMILES string of the molecule is CCn1nnc2ccc(-c3c(F)cn4nc(N)nc(NC)c34)nc21.CN1CCCC(F)(F)C1. The van der Waals surface area contributed by atoms with Gasteiger partial charge in [-0.25, -0.2) is 27.4 Å². The predicted molar refractivity (Wildman–Crippen MR) is 119 cm³/mol. The van der Waals surface area contributed by atoms with Crippen molar-refractivity contribution in [2.24, 2.45) is 0 Å². The molecular weight excluding hydrogens is 437 g/mol. The van der Waals surface area contributed by atoms with Gasteiger partial charge in [0, 0.05) is 20.0 Å². The summed E-state index contributed by atoms with van der Waals surface area (Å²) < 4.78 is 42.5. The van der Waals surface area contributed by atoms with E-state index in [1.54, 1.807) is 35.8 Å². The van der Waals surface area contributed by atoms with Gasteiger partial charge in [0.2, 0.25) is 5.95 Å². The maximum atomic E-state index is 14.6. The predicted octanol–water partition coefficient (Wildman–Crippen LogP) is 2.67. The number of alkyl halides is 2. The van der Waals surface area contributed by atoms with Crippen molar-refractivity contribution in [1.29, 1.82) is 0 Å². The molecule has 33 heavy (non-hydrogen) atoms. The highest BCUT2D eigenvalue weighted by atomic mass is 19.3. The second-order valence-electron chi connectivity index (χ2n) is 7.86. The minimum Gasteiger partial charge on any atom is -0.371 e. The number of nitrogens with two attached hydrogens (primary N) is 1. The molecule has 5 rings (SSSR count). The highest BCUT2D eigenvalue weighted by Gasteiger charge is 2.33. The average Bonchev–Trinajstić information content (AvgIpc) is 3.31. The number of halogens is 3. The number of nitrogen functional groups attached to an aromatic ring is 1. The number of pyridine rings is 1. The zero-order valence-corrected chi connectivity index (χ0v) is 18.6. The van der Waals surface area contributed by atoms with Crippen molar-refractivity contribution < 1.29 is 13.2 Å². The molecule has 1 aliphatic heterocycles. The molecule has 0 amide bonds. The second kappa shape index (κ2) is 8.81. The summed E-state index contributed by atoms with van der Waals surface area (Å²) in [6.07, 6.45) is 1.95. The standard InChI is InChI=1S/C14H14FN9.C6H11F2N/c1-3-23-13-9(20-22-23)5-4-8(18-13)10-7(15)6-24-11(10)12(17-2)19-14(16)21-24;1-9-4-2-3-6(7,8)5-9/h4-6H,3H2,1-2H3,(H3,16,17,19,21);2-5H2,1H3. The van der Waals surface area contributed by atoms with Crippen LogP contribution in [0.25, 0.3) is 27.9 Å². The lowest BCUT2D eigenvalue weighted by molar-refractivity contribution is -0.0571. The molecule has 0 unspecified atom stereocenters. The van der Waals surface area contributed by atoms with Crippen LogP contribution in [0.5, 0.6) is 0 Å². The summed E-state index contributed by atoms with van der Waals surface area (Å²) in [6.45, 7) is 3.31. The van der Waals surface area contributed by atoms with Crippen LogP contribution in [0.4, 0.5) is 24.9 Å². The normalized spacial score (nSPS) is 16.1. The molecule has 0 atom stereocenters. The number of likely N-dealkylation sites (tertiary alicyclic amines) is 1. The van der Waals surface area contributed by atoms with Crippen LogP contribution in [-0.2, 0) is 6.54 Å². The minimum atomic E-state index is -2.42. The van der Waals surface area contributed by atoms with Crippen LogP contribution in [0.15, 0.2) is 18.3 Å². The third-order valence-electron chi connectivity index (χ3n) is 5.34. The van der Waals surface area contributed by atoms with Gasteiger partial charge in [-0.05, 0) is 39.1 Å². The third kappa shape index (κ3) is 4.53. The molecule has 0 aliphatic carbocycles. The molecule has 4 aromatic rings. The topological polar surface area (TPSA) is 115 Å². The molecule has 4 aromatic heterocycles. The van der Waals surface area contributed by atoms with Gasteiger partial charge in [-0.1, -0.05) is 5.21 Å². The smallest absolute Gasteiger partial charge is 0.260 e. The Morgan fingerprint density at radius 1 is 1.24 bits per heavy atom. The number of fused-ring (bicyclic) bond motifs is 2. The molecule has 3 N–H and O–H groups in total. The summed E-state index contributed by atoms with van der Waals surface area (Å²) in [5.74, 6) is -2.42. The molecule has 1 fully saturated rings. The Hall–Kier alpha value is -3.48. The summed E-state index contributed by atoms with van der Waals surface area (Å²) >= 11 is 0. The molecular formula is C20H25F3N10. The highest BCUT2D eigenvalue weighted by molar-refractivity contribution is 5.89. The van der Waals surface area contributed by atoms with E-state index in [2.05, 4.69) is 30.7 Å². The molecule has 176 valence electrons. The number of rotatable bonds is 3. The van der Waals surface area contributed by atoms with Crippen LogP contribution in [0.2, 0.25) is 0 Å². The van der Waals surface area contributed by atoms with Gasteiger partial charge in [-0.3, -0.25) is 0 Å². The molecule has 0 spiro atoms. The van der Waals surface area contributed by atoms with Crippen LogP contribution in [0.3, 0.4) is 0 Å². The summed E-state index contributed by atoms with van der Waals surface area (Å²) in [7, 11) is 3.41. The minimum absolute atomic E-state index is 0.0464. The van der Waals surface area contributed by atoms with Gasteiger partial charge in [-0.2, -0.15) is 4.98 Å². The number of anilines is 2. The molecule has 5 heterocycles. The summed E-state index contributed by atoms with van der Waals surface area (Å²) in [5.41, 5.74) is 8.11. The van der Waals surface area contributed by atoms with E-state index in [0.717, 1.165) is 6.54 Å². The van der Waals surface area contributed by atoms with E-state index in [1.807, 2.05) is 6.92 Å². The van der Waals surface area contributed by atoms with Crippen molar-refractivity contribution >= 4 is 28.4 Å². The van der Waals surface area contributed by atoms with Crippen LogP contribution >= 0.6 is 0 Å². The van der Waals surface area contributed by atoms with E-state index in [-0.39, 0.29) is 18.9 Å². The number of aromatic nitrogens is 7. The first-order valence-electron chi connectivity index (χ1n) is 10.5. The Morgan fingerprint density at radius 2 is 2.03 bits per heavy atom. The first-order chi connectivity index (χ1) is 15.7. The Labute approximate surface area is 187 Å². The fraction of sp³-hybridized carbons (Fsp3) is 0.450. The van der Waals surface area contributed by atoms with E-state index in [1.165, 1.54) is 10.7 Å². The Balaban J connectivity index is 0.000000243. The Bertz CT molecular complexity index is 1280. The highest BCUT2D eigenvalue weighted by Crippen LogP contribution is 2.32. The number of piperidine rings is 1. The fourth-order valence-electron chi connectivity index (χ4n) is 3.85. The summed E-state index contributed by atoms with van der Waals surface area (Å²) in [4.78, 5) is 10.3. The molecule has 1 saturated heterocycles. The summed E-state index contributed by atoms with van der Waals surface area (Å²) in [6, 6.07) is 3.46. The Kier molecular flexibility index (Phi) is 6.06. The van der Waals surface area contributed by atoms with Crippen LogP contribution in [-0.4, -0.2) is 72.6 Å². The van der Waals surface area contributed by atoms with Crippen molar-refractivity contribution in [3.8, 4) is 11.3 Å². The van der Waals surface area contributed by atoms with Crippen molar-refractivity contribution in [2.75, 3.05) is 38.2 Å². The van der Waals surface area contributed by atoms with Gasteiger partial charge in [0.15, 0.2) is 17.3 Å². The fourth-order valence-corrected chi connectivity index (χ4v) is 3.85. The zero-order chi connectivity index (χ0) is 23.8. The van der Waals surface area contributed by atoms with E-state index >= 15 is 0 Å². The van der Waals surface area contributed by atoms with Crippen molar-refractivity contribution in [1.82, 2.24) is 39.5 Å². The zero-order valence-electron chi connectivity index (χ0n) is 18.6. The Morgan fingerprint density at radius 3 is 2.67 bits per heavy atom. The molecule has 0 saturated carbocycles. The monoisotopic (exact) mass is 462 g/mol. The van der Waals surface area contributed by atoms with Crippen LogP contribution in [0.1, 0.15) is 19.8 Å². The van der Waals surface area contributed by atoms with Gasteiger partial charge >= 0.3 is 0 Å². The lowest BCUT2D eigenvalue weighted by Gasteiger charge is -2.28. The molecule has 13 heteroatoms. The van der Waals surface area contributed by atoms with E-state index in [4.69, 9.17) is 5.73 Å². The van der Waals surface area contributed by atoms with E-state index < -0.39 is 11.7 Å². The molecule has 1 aliphatic rings. The lowest BCUT2D eigenvalue weighted by atomic mass is 10.1. The number of aryl methyl sites for hydroxylation is 1. The molecule has 0 aromatic carbocycles. The maximum Gasteiger partial charge on any atom is 0.260 e. The first-order valence-corrected chi connectivity index (χ1v) is 10.5. The van der Waals surface area contributed by atoms with Crippen LogP contribution in [0, 0.1) is 5.82 Å². The average molecular weight is 462 g/mol. The molecule has 0 bridgehead atoms. The van der Waals surface area contributed by atoms with Crippen molar-refractivity contribution in [3.05, 3.63) is 24.1 Å². The van der Waals surface area contributed by atoms with Gasteiger partial charge in [0.1, 0.15) is 11.0 Å². The number of hydrogen-bond acceptors (Lipinski definition) is 8. The maximum absolute atomic E-state index is 14.6. The number of hydrogen-bond donors (Lipinski definition) is 2. The van der Waals surface area contributed by atoms with Gasteiger partial charge in [-0.15, -0.1) is 10.2 Å². The van der Waals surface area contributed by atoms with E-state index in [9.17, 15) is 13.2 Å². The van der Waals surface area contributed by atoms with Gasteiger partial charge in [0.05, 0.1) is 24.0 Å². The van der Waals surface area contributed by atoms with Gasteiger partial charge < -0.3 is 16.0 Å². The van der Waals surface area contributed by atoms with Gasteiger partial charge in [0.25, 0.3) is 5.92 Å². The van der Waals surface area contributed by atoms with Crippen molar-refractivity contribution in [3.63, 3.8) is 0 Å². The van der Waals surface area contributed by atoms with Crippen molar-refractivity contribution in [2.45, 2.75) is 32.2 Å². The molecule has 10 nitrogen and oxygen atoms in total. The number of nitrogens with zero attached hydrogens (tertiary/aromatic N) is 8. The van der Waals surface area contributed by atoms with Crippen LogP contribution < -0.4 is 11.1 Å². The first kappa shape index (κ1) is 22.7. The largest absolute Gasteiger partial charge is 0.371 e. The second-order valence-corrected chi connectivity index (χ2v) is 7.86. The molecule has 0 radical (unpaired) electrons. The lowest BCUT2D eigenvalue weighted by Crippen LogP contribution is -2.39. The number of nitrogens with one attached hydrogen (secondary N) is 1. The summed E-state index contributed by atoms with van der Waals surface area (Å²) in [5, 5.41) is 15.0.